The van der Waals surface area contributed by atoms with Crippen LogP contribution in [0.4, 0.5) is 0 Å². The first kappa shape index (κ1) is 12.5. The smallest absolute Gasteiger partial charge is 0.254 e. The van der Waals surface area contributed by atoms with E-state index in [0.29, 0.717) is 0 Å². The zero-order valence-corrected chi connectivity index (χ0v) is 11.8. The molecule has 2 aliphatic carbocycles. The van der Waals surface area contributed by atoms with Crippen molar-refractivity contribution in [2.75, 3.05) is 0 Å². The first-order valence-corrected chi connectivity index (χ1v) is 7.32. The van der Waals surface area contributed by atoms with Crippen LogP contribution in [0.3, 0.4) is 0 Å². The van der Waals surface area contributed by atoms with Crippen LogP contribution in [0.15, 0.2) is 41.5 Å². The standard InChI is InChI=1S/C17H16N2O2/c1-10-2-4-11(5-3-10)9-18-19-16(20)14-12-6-7-13(8-12)15(14)17(19)21/h2-7,9,12-15H,8H2,1H3. The Kier molecular flexibility index (Phi) is 2.61. The van der Waals surface area contributed by atoms with E-state index in [0.717, 1.165) is 22.6 Å². The summed E-state index contributed by atoms with van der Waals surface area (Å²) in [5, 5.41) is 5.23. The van der Waals surface area contributed by atoms with Crippen LogP contribution >= 0.6 is 0 Å². The van der Waals surface area contributed by atoms with Gasteiger partial charge in [0.1, 0.15) is 0 Å². The minimum Gasteiger partial charge on any atom is -0.272 e. The van der Waals surface area contributed by atoms with E-state index >= 15 is 0 Å². The van der Waals surface area contributed by atoms with Crippen LogP contribution in [0.1, 0.15) is 17.5 Å². The molecule has 0 aromatic heterocycles. The first-order chi connectivity index (χ1) is 10.1. The Hall–Kier alpha value is -2.23. The van der Waals surface area contributed by atoms with Crippen molar-refractivity contribution in [3.63, 3.8) is 0 Å². The molecule has 2 amide bonds. The second-order valence-corrected chi connectivity index (χ2v) is 6.14. The van der Waals surface area contributed by atoms with Crippen LogP contribution in [0.5, 0.6) is 0 Å². The summed E-state index contributed by atoms with van der Waals surface area (Å²) >= 11 is 0. The number of benzene rings is 1. The number of imide groups is 1. The molecule has 4 atom stereocenters. The number of hydrogen-bond donors (Lipinski definition) is 0. The Morgan fingerprint density at radius 3 is 2.19 bits per heavy atom. The summed E-state index contributed by atoms with van der Waals surface area (Å²) in [5.74, 6) is -0.159. The van der Waals surface area contributed by atoms with Gasteiger partial charge in [-0.05, 0) is 30.7 Å². The molecule has 4 rings (SSSR count). The molecule has 0 spiro atoms. The van der Waals surface area contributed by atoms with Crippen molar-refractivity contribution < 1.29 is 9.59 Å². The molecule has 1 aromatic carbocycles. The minimum atomic E-state index is -0.178. The number of allylic oxidation sites excluding steroid dienone is 2. The SMILES string of the molecule is Cc1ccc(C=NN2C(=O)C3C4C=CC(C4)C3C2=O)cc1. The molecule has 1 aliphatic heterocycles. The molecule has 2 bridgehead atoms. The van der Waals surface area contributed by atoms with Crippen LogP contribution in [-0.2, 0) is 9.59 Å². The molecule has 1 saturated carbocycles. The molecule has 21 heavy (non-hydrogen) atoms. The van der Waals surface area contributed by atoms with Crippen LogP contribution < -0.4 is 0 Å². The van der Waals surface area contributed by atoms with E-state index in [1.165, 1.54) is 0 Å². The lowest BCUT2D eigenvalue weighted by atomic mass is 9.85. The van der Waals surface area contributed by atoms with E-state index in [1.54, 1.807) is 6.21 Å². The molecule has 1 saturated heterocycles. The Balaban J connectivity index is 1.58. The lowest BCUT2D eigenvalue weighted by Crippen LogP contribution is -2.28. The average Bonchev–Trinajstić information content (AvgIpc) is 3.14. The molecular formula is C17H16N2O2. The number of fused-ring (bicyclic) bond motifs is 5. The van der Waals surface area contributed by atoms with Crippen LogP contribution in [0.25, 0.3) is 0 Å². The van der Waals surface area contributed by atoms with Gasteiger partial charge in [0.25, 0.3) is 11.8 Å². The van der Waals surface area contributed by atoms with Crippen LogP contribution in [-0.4, -0.2) is 23.0 Å². The van der Waals surface area contributed by atoms with Gasteiger partial charge in [-0.3, -0.25) is 9.59 Å². The zero-order chi connectivity index (χ0) is 14.6. The maximum atomic E-state index is 12.4. The number of carbonyl (C=O) groups excluding carboxylic acids is 2. The van der Waals surface area contributed by atoms with Crippen molar-refractivity contribution in [3.05, 3.63) is 47.5 Å². The molecule has 4 heteroatoms. The topological polar surface area (TPSA) is 49.7 Å². The Labute approximate surface area is 123 Å². The largest absolute Gasteiger partial charge is 0.272 e. The predicted octanol–water partition coefficient (Wildman–Crippen LogP) is 2.14. The zero-order valence-electron chi connectivity index (χ0n) is 11.8. The van der Waals surface area contributed by atoms with E-state index in [2.05, 4.69) is 17.3 Å². The Morgan fingerprint density at radius 2 is 1.62 bits per heavy atom. The monoisotopic (exact) mass is 280 g/mol. The molecule has 0 N–H and O–H groups in total. The highest BCUT2D eigenvalue weighted by Crippen LogP contribution is 2.52. The number of hydrogen-bond acceptors (Lipinski definition) is 3. The van der Waals surface area contributed by atoms with Crippen LogP contribution in [0, 0.1) is 30.6 Å². The summed E-state index contributed by atoms with van der Waals surface area (Å²) in [7, 11) is 0. The van der Waals surface area contributed by atoms with Crippen molar-refractivity contribution in [2.45, 2.75) is 13.3 Å². The number of carbonyl (C=O) groups is 2. The lowest BCUT2D eigenvalue weighted by molar-refractivity contribution is -0.140. The molecule has 2 fully saturated rings. The summed E-state index contributed by atoms with van der Waals surface area (Å²) in [5.41, 5.74) is 2.05. The Bertz CT molecular complexity index is 645. The van der Waals surface area contributed by atoms with Gasteiger partial charge in [0.05, 0.1) is 18.1 Å². The fraction of sp³-hybridized carbons (Fsp3) is 0.353. The van der Waals surface area contributed by atoms with Crippen molar-refractivity contribution in [2.24, 2.45) is 28.8 Å². The molecule has 1 aromatic rings. The van der Waals surface area contributed by atoms with E-state index in [9.17, 15) is 9.59 Å². The molecule has 106 valence electrons. The second-order valence-electron chi connectivity index (χ2n) is 6.14. The van der Waals surface area contributed by atoms with E-state index < -0.39 is 0 Å². The summed E-state index contributed by atoms with van der Waals surface area (Å²) in [6.07, 6.45) is 6.71. The first-order valence-electron chi connectivity index (χ1n) is 7.32. The van der Waals surface area contributed by atoms with Gasteiger partial charge in [-0.1, -0.05) is 42.0 Å². The van der Waals surface area contributed by atoms with Gasteiger partial charge in [-0.25, -0.2) is 0 Å². The molecule has 0 radical (unpaired) electrons. The highest BCUT2D eigenvalue weighted by molar-refractivity contribution is 6.06. The van der Waals surface area contributed by atoms with Crippen LogP contribution in [0.2, 0.25) is 0 Å². The molecule has 4 unspecified atom stereocenters. The maximum Gasteiger partial charge on any atom is 0.254 e. The van der Waals surface area contributed by atoms with E-state index in [1.807, 2.05) is 31.2 Å². The van der Waals surface area contributed by atoms with Gasteiger partial charge in [0.15, 0.2) is 0 Å². The van der Waals surface area contributed by atoms with E-state index in [4.69, 9.17) is 0 Å². The third kappa shape index (κ3) is 1.78. The van der Waals surface area contributed by atoms with Crippen molar-refractivity contribution >= 4 is 18.0 Å². The lowest BCUT2D eigenvalue weighted by Gasteiger charge is -2.13. The highest BCUT2D eigenvalue weighted by atomic mass is 16.2. The molecule has 1 heterocycles. The summed E-state index contributed by atoms with van der Waals surface area (Å²) < 4.78 is 0. The maximum absolute atomic E-state index is 12.4. The second kappa shape index (κ2) is 4.38. The highest BCUT2D eigenvalue weighted by Gasteiger charge is 2.59. The fourth-order valence-electron chi connectivity index (χ4n) is 3.78. The predicted molar refractivity (Wildman–Crippen MR) is 78.3 cm³/mol. The fourth-order valence-corrected chi connectivity index (χ4v) is 3.78. The number of rotatable bonds is 2. The van der Waals surface area contributed by atoms with Gasteiger partial charge >= 0.3 is 0 Å². The molecule has 3 aliphatic rings. The number of nitrogens with zero attached hydrogens (tertiary/aromatic N) is 2. The Morgan fingerprint density at radius 1 is 1.05 bits per heavy atom. The summed E-state index contributed by atoms with van der Waals surface area (Å²) in [4.78, 5) is 24.8. The number of amides is 2. The number of aryl methyl sites for hydroxylation is 1. The van der Waals surface area contributed by atoms with Gasteiger partial charge in [-0.2, -0.15) is 10.1 Å². The van der Waals surface area contributed by atoms with Gasteiger partial charge < -0.3 is 0 Å². The summed E-state index contributed by atoms with van der Waals surface area (Å²) in [6.45, 7) is 2.01. The molecule has 4 nitrogen and oxygen atoms in total. The molecular weight excluding hydrogens is 264 g/mol. The third-order valence-corrected chi connectivity index (χ3v) is 4.85. The van der Waals surface area contributed by atoms with Gasteiger partial charge in [0, 0.05) is 0 Å². The normalized spacial score (nSPS) is 33.5. The third-order valence-electron chi connectivity index (χ3n) is 4.85. The van der Waals surface area contributed by atoms with Crippen molar-refractivity contribution in [1.29, 1.82) is 0 Å². The average molecular weight is 280 g/mol. The minimum absolute atomic E-state index is 0.134. The summed E-state index contributed by atoms with van der Waals surface area (Å²) in [6, 6.07) is 7.81. The van der Waals surface area contributed by atoms with Crippen molar-refractivity contribution in [3.8, 4) is 0 Å². The quantitative estimate of drug-likeness (QED) is 0.473. The van der Waals surface area contributed by atoms with Gasteiger partial charge in [0.2, 0.25) is 0 Å². The van der Waals surface area contributed by atoms with E-state index in [-0.39, 0.29) is 35.5 Å². The number of hydrazone groups is 1. The van der Waals surface area contributed by atoms with Gasteiger partial charge in [-0.15, -0.1) is 0 Å². The van der Waals surface area contributed by atoms with Crippen molar-refractivity contribution in [1.82, 2.24) is 5.01 Å².